The first kappa shape index (κ1) is 16.1. The molecule has 24 heavy (non-hydrogen) atoms. The maximum atomic E-state index is 12.6. The van der Waals surface area contributed by atoms with Crippen LogP contribution in [-0.4, -0.2) is 25.2 Å². The first-order valence-electron chi connectivity index (χ1n) is 8.15. The Balaban J connectivity index is 1.75. The van der Waals surface area contributed by atoms with Crippen molar-refractivity contribution in [3.8, 4) is 11.5 Å². The number of fused-ring (bicyclic) bond motifs is 1. The van der Waals surface area contributed by atoms with Crippen LogP contribution in [0.3, 0.4) is 0 Å². The summed E-state index contributed by atoms with van der Waals surface area (Å²) >= 11 is 0. The minimum Gasteiger partial charge on any atom is -0.494 e. The van der Waals surface area contributed by atoms with Gasteiger partial charge in [0.1, 0.15) is 17.6 Å². The quantitative estimate of drug-likeness (QED) is 0.801. The van der Waals surface area contributed by atoms with Crippen LogP contribution in [0.5, 0.6) is 11.5 Å². The predicted octanol–water partition coefficient (Wildman–Crippen LogP) is 3.91. The molecule has 0 spiro atoms. The molecule has 1 atom stereocenters. The van der Waals surface area contributed by atoms with Crippen LogP contribution in [0.2, 0.25) is 0 Å². The number of amides is 1. The van der Waals surface area contributed by atoms with Crippen molar-refractivity contribution in [1.29, 1.82) is 0 Å². The molecule has 0 aliphatic carbocycles. The number of carbonyl (C=O) groups is 1. The van der Waals surface area contributed by atoms with E-state index >= 15 is 0 Å². The van der Waals surface area contributed by atoms with Crippen molar-refractivity contribution in [1.82, 2.24) is 0 Å². The second-order valence-electron chi connectivity index (χ2n) is 5.68. The van der Waals surface area contributed by atoms with Crippen molar-refractivity contribution in [2.45, 2.75) is 20.0 Å². The van der Waals surface area contributed by atoms with Crippen LogP contribution in [0.25, 0.3) is 6.08 Å². The van der Waals surface area contributed by atoms with E-state index in [0.29, 0.717) is 13.2 Å². The zero-order valence-corrected chi connectivity index (χ0v) is 13.9. The van der Waals surface area contributed by atoms with Crippen LogP contribution in [0.1, 0.15) is 19.4 Å². The molecule has 0 saturated heterocycles. The van der Waals surface area contributed by atoms with Gasteiger partial charge in [-0.3, -0.25) is 4.79 Å². The maximum absolute atomic E-state index is 12.6. The third-order valence-electron chi connectivity index (χ3n) is 3.80. The molecule has 0 saturated carbocycles. The highest BCUT2D eigenvalue weighted by Gasteiger charge is 2.25. The Hall–Kier alpha value is -2.75. The van der Waals surface area contributed by atoms with E-state index in [-0.39, 0.29) is 12.0 Å². The molecule has 1 aliphatic heterocycles. The van der Waals surface area contributed by atoms with E-state index in [1.54, 1.807) is 11.0 Å². The lowest BCUT2D eigenvalue weighted by molar-refractivity contribution is -0.114. The van der Waals surface area contributed by atoms with Crippen LogP contribution >= 0.6 is 0 Å². The highest BCUT2D eigenvalue weighted by Crippen LogP contribution is 2.33. The van der Waals surface area contributed by atoms with Crippen LogP contribution in [0.15, 0.2) is 54.6 Å². The normalized spacial score (nSPS) is 16.6. The Bertz CT molecular complexity index is 737. The van der Waals surface area contributed by atoms with Gasteiger partial charge in [-0.15, -0.1) is 0 Å². The zero-order chi connectivity index (χ0) is 16.9. The molecule has 1 amide bonds. The van der Waals surface area contributed by atoms with Gasteiger partial charge in [0.15, 0.2) is 0 Å². The third-order valence-corrected chi connectivity index (χ3v) is 3.80. The summed E-state index contributed by atoms with van der Waals surface area (Å²) in [5.41, 5.74) is 1.78. The number of hydrogen-bond donors (Lipinski definition) is 0. The maximum Gasteiger partial charge on any atom is 0.251 e. The summed E-state index contributed by atoms with van der Waals surface area (Å²) in [5.74, 6) is 1.53. The van der Waals surface area contributed by atoms with Gasteiger partial charge in [-0.2, -0.15) is 0 Å². The van der Waals surface area contributed by atoms with Gasteiger partial charge in [0.2, 0.25) is 0 Å². The number of nitrogens with zero attached hydrogens (tertiary/aromatic N) is 1. The smallest absolute Gasteiger partial charge is 0.251 e. The number of benzene rings is 2. The molecule has 2 aromatic carbocycles. The Morgan fingerprint density at radius 2 is 2.00 bits per heavy atom. The topological polar surface area (TPSA) is 38.8 Å². The summed E-state index contributed by atoms with van der Waals surface area (Å²) in [6, 6.07) is 15.3. The number of rotatable bonds is 4. The van der Waals surface area contributed by atoms with E-state index in [1.165, 1.54) is 0 Å². The van der Waals surface area contributed by atoms with E-state index in [0.717, 1.165) is 22.7 Å². The highest BCUT2D eigenvalue weighted by atomic mass is 16.5. The van der Waals surface area contributed by atoms with Gasteiger partial charge in [-0.1, -0.05) is 24.3 Å². The molecule has 0 aromatic heterocycles. The van der Waals surface area contributed by atoms with Crippen molar-refractivity contribution < 1.29 is 14.3 Å². The molecule has 0 bridgehead atoms. The fourth-order valence-corrected chi connectivity index (χ4v) is 2.70. The molecule has 1 heterocycles. The second kappa shape index (κ2) is 7.21. The standard InChI is InChI=1S/C20H21NO3/c1-3-23-17-11-8-16(9-12-17)10-13-20(22)21-14-15(2)24-19-7-5-4-6-18(19)21/h4-13,15H,3,14H2,1-2H3/b13-10+. The SMILES string of the molecule is CCOc1ccc(/C=C/C(=O)N2CC(C)Oc3ccccc32)cc1. The second-order valence-corrected chi connectivity index (χ2v) is 5.68. The summed E-state index contributed by atoms with van der Waals surface area (Å²) in [5, 5.41) is 0. The van der Waals surface area contributed by atoms with Crippen molar-refractivity contribution in [2.75, 3.05) is 18.1 Å². The predicted molar refractivity (Wildman–Crippen MR) is 95.5 cm³/mol. The molecule has 1 aliphatic rings. The number of ether oxygens (including phenoxy) is 2. The van der Waals surface area contributed by atoms with E-state index in [2.05, 4.69) is 0 Å². The van der Waals surface area contributed by atoms with Crippen molar-refractivity contribution >= 4 is 17.7 Å². The Kier molecular flexibility index (Phi) is 4.85. The van der Waals surface area contributed by atoms with Crippen molar-refractivity contribution in [3.63, 3.8) is 0 Å². The minimum atomic E-state index is -0.0496. The monoisotopic (exact) mass is 323 g/mol. The molecule has 4 heteroatoms. The van der Waals surface area contributed by atoms with Crippen LogP contribution in [0.4, 0.5) is 5.69 Å². The summed E-state index contributed by atoms with van der Waals surface area (Å²) in [6.07, 6.45) is 3.40. The molecule has 1 unspecified atom stereocenters. The summed E-state index contributed by atoms with van der Waals surface area (Å²) in [4.78, 5) is 14.4. The molecule has 3 rings (SSSR count). The summed E-state index contributed by atoms with van der Waals surface area (Å²) in [6.45, 7) is 5.10. The van der Waals surface area contributed by atoms with Crippen LogP contribution in [-0.2, 0) is 4.79 Å². The summed E-state index contributed by atoms with van der Waals surface area (Å²) in [7, 11) is 0. The van der Waals surface area contributed by atoms with E-state index in [9.17, 15) is 4.79 Å². The highest BCUT2D eigenvalue weighted by molar-refractivity contribution is 6.05. The molecule has 4 nitrogen and oxygen atoms in total. The number of hydrogen-bond acceptors (Lipinski definition) is 3. The molecular formula is C20H21NO3. The molecular weight excluding hydrogens is 302 g/mol. The van der Waals surface area contributed by atoms with Gasteiger partial charge in [-0.25, -0.2) is 0 Å². The van der Waals surface area contributed by atoms with Gasteiger partial charge in [0.05, 0.1) is 18.8 Å². The van der Waals surface area contributed by atoms with Crippen molar-refractivity contribution in [3.05, 3.63) is 60.2 Å². The lowest BCUT2D eigenvalue weighted by Crippen LogP contribution is -2.41. The fraction of sp³-hybridized carbons (Fsp3) is 0.250. The molecule has 0 N–H and O–H groups in total. The molecule has 124 valence electrons. The van der Waals surface area contributed by atoms with Gasteiger partial charge < -0.3 is 14.4 Å². The first-order valence-corrected chi connectivity index (χ1v) is 8.15. The first-order chi connectivity index (χ1) is 11.7. The number of para-hydroxylation sites is 2. The van der Waals surface area contributed by atoms with Gasteiger partial charge in [-0.05, 0) is 49.8 Å². The van der Waals surface area contributed by atoms with Crippen molar-refractivity contribution in [2.24, 2.45) is 0 Å². The number of anilines is 1. The van der Waals surface area contributed by atoms with Crippen LogP contribution < -0.4 is 14.4 Å². The molecule has 2 aromatic rings. The van der Waals surface area contributed by atoms with E-state index in [1.807, 2.05) is 68.5 Å². The van der Waals surface area contributed by atoms with E-state index < -0.39 is 0 Å². The molecule has 0 fully saturated rings. The zero-order valence-electron chi connectivity index (χ0n) is 13.9. The third kappa shape index (κ3) is 3.59. The summed E-state index contributed by atoms with van der Waals surface area (Å²) < 4.78 is 11.2. The Labute approximate surface area is 142 Å². The Morgan fingerprint density at radius 1 is 1.25 bits per heavy atom. The van der Waals surface area contributed by atoms with Gasteiger partial charge in [0, 0.05) is 6.08 Å². The van der Waals surface area contributed by atoms with Gasteiger partial charge >= 0.3 is 0 Å². The minimum absolute atomic E-state index is 0.0253. The lowest BCUT2D eigenvalue weighted by atomic mass is 10.1. The average molecular weight is 323 g/mol. The average Bonchev–Trinajstić information content (AvgIpc) is 2.60. The van der Waals surface area contributed by atoms with Crippen LogP contribution in [0, 0.1) is 0 Å². The Morgan fingerprint density at radius 3 is 2.75 bits per heavy atom. The fourth-order valence-electron chi connectivity index (χ4n) is 2.70. The van der Waals surface area contributed by atoms with E-state index in [4.69, 9.17) is 9.47 Å². The lowest BCUT2D eigenvalue weighted by Gasteiger charge is -2.32. The largest absolute Gasteiger partial charge is 0.494 e. The number of carbonyl (C=O) groups excluding carboxylic acids is 1. The van der Waals surface area contributed by atoms with Gasteiger partial charge in [0.25, 0.3) is 5.91 Å². The molecule has 0 radical (unpaired) electrons.